The van der Waals surface area contributed by atoms with Crippen LogP contribution in [0.15, 0.2) is 70.5 Å². The molecule has 0 aliphatic carbocycles. The minimum Gasteiger partial charge on any atom is -0.615 e. The zero-order valence-electron chi connectivity index (χ0n) is 17.2. The number of nitrogens with zero attached hydrogens (tertiary/aromatic N) is 2. The number of aromatic nitrogens is 2. The topological polar surface area (TPSA) is 76.3 Å². The van der Waals surface area contributed by atoms with Gasteiger partial charge >= 0.3 is 0 Å². The van der Waals surface area contributed by atoms with E-state index in [9.17, 15) is 22.9 Å². The molecule has 2 aromatic heterocycles. The van der Waals surface area contributed by atoms with E-state index in [2.05, 4.69) is 0 Å². The number of aryl methyl sites for hydroxylation is 1. The van der Waals surface area contributed by atoms with E-state index in [1.165, 1.54) is 21.6 Å². The van der Waals surface area contributed by atoms with Crippen molar-refractivity contribution in [2.45, 2.75) is 5.88 Å². The van der Waals surface area contributed by atoms with Gasteiger partial charge in [-0.1, -0.05) is 18.2 Å². The minimum absolute atomic E-state index is 0.0162. The zero-order chi connectivity index (χ0) is 23.0. The Kier molecular flexibility index (Phi) is 5.86. The lowest BCUT2D eigenvalue weighted by Gasteiger charge is -2.17. The first-order chi connectivity index (χ1) is 15.2. The van der Waals surface area contributed by atoms with Crippen LogP contribution in [0.2, 0.25) is 0 Å². The summed E-state index contributed by atoms with van der Waals surface area (Å²) in [4.78, 5) is 25.2. The smallest absolute Gasteiger partial charge is 0.258 e. The van der Waals surface area contributed by atoms with Crippen LogP contribution >= 0.6 is 0 Å². The zero-order valence-corrected chi connectivity index (χ0v) is 18.0. The Morgan fingerprint density at radius 3 is 2.38 bits per heavy atom. The first-order valence-corrected chi connectivity index (χ1v) is 11.2. The van der Waals surface area contributed by atoms with Crippen LogP contribution in [0.5, 0.6) is 11.5 Å². The summed E-state index contributed by atoms with van der Waals surface area (Å²) in [6.45, 7) is 0. The molecule has 0 saturated heterocycles. The van der Waals surface area contributed by atoms with Crippen LogP contribution < -0.4 is 15.9 Å². The van der Waals surface area contributed by atoms with Crippen molar-refractivity contribution in [1.82, 2.24) is 9.13 Å². The summed E-state index contributed by atoms with van der Waals surface area (Å²) in [6.07, 6.45) is 4.52. The third-order valence-electron chi connectivity index (χ3n) is 4.90. The van der Waals surface area contributed by atoms with Crippen molar-refractivity contribution in [2.75, 3.05) is 6.26 Å². The molecule has 1 unspecified atom stereocenters. The fourth-order valence-corrected chi connectivity index (χ4v) is 4.04. The summed E-state index contributed by atoms with van der Waals surface area (Å²) in [6, 6.07) is 10.9. The summed E-state index contributed by atoms with van der Waals surface area (Å²) in [7, 11) is 1.59. The molecule has 0 aliphatic heterocycles. The lowest BCUT2D eigenvalue weighted by Crippen LogP contribution is -2.23. The Balaban J connectivity index is 2.00. The lowest BCUT2D eigenvalue weighted by atomic mass is 10.0. The second-order valence-corrected chi connectivity index (χ2v) is 8.65. The van der Waals surface area contributed by atoms with Crippen LogP contribution in [0.25, 0.3) is 21.9 Å². The van der Waals surface area contributed by atoms with Gasteiger partial charge in [-0.3, -0.25) is 14.2 Å². The first-order valence-electron chi connectivity index (χ1n) is 9.51. The molecule has 0 saturated carbocycles. The summed E-state index contributed by atoms with van der Waals surface area (Å²) < 4.78 is 47.7. The number of hydrogen-bond donors (Lipinski definition) is 0. The molecule has 0 spiro atoms. The number of hydrogen-bond acceptors (Lipinski definition) is 4. The van der Waals surface area contributed by atoms with Gasteiger partial charge in [0, 0.05) is 48.1 Å². The van der Waals surface area contributed by atoms with Gasteiger partial charge in [-0.15, -0.1) is 0 Å². The van der Waals surface area contributed by atoms with Crippen molar-refractivity contribution >= 4 is 21.9 Å². The van der Waals surface area contributed by atoms with Crippen molar-refractivity contribution in [2.24, 2.45) is 7.05 Å². The van der Waals surface area contributed by atoms with Gasteiger partial charge in [0.15, 0.2) is 17.4 Å². The molecule has 164 valence electrons. The molecule has 0 amide bonds. The summed E-state index contributed by atoms with van der Waals surface area (Å²) >= 11 is -1.31. The maximum atomic E-state index is 14.3. The van der Waals surface area contributed by atoms with Crippen molar-refractivity contribution < 1.29 is 18.1 Å². The second-order valence-electron chi connectivity index (χ2n) is 7.24. The fourth-order valence-electron chi connectivity index (χ4n) is 3.45. The van der Waals surface area contributed by atoms with Gasteiger partial charge in [0.2, 0.25) is 0 Å². The van der Waals surface area contributed by atoms with Gasteiger partial charge in [0.25, 0.3) is 11.1 Å². The number of halogens is 2. The van der Waals surface area contributed by atoms with Gasteiger partial charge < -0.3 is 13.9 Å². The van der Waals surface area contributed by atoms with E-state index < -0.39 is 28.4 Å². The molecule has 0 bridgehead atoms. The molecule has 2 aromatic carbocycles. The average Bonchev–Trinajstić information content (AvgIpc) is 2.74. The van der Waals surface area contributed by atoms with Crippen LogP contribution in [-0.2, 0) is 24.1 Å². The van der Waals surface area contributed by atoms with Crippen molar-refractivity contribution in [3.63, 3.8) is 0 Å². The van der Waals surface area contributed by atoms with Gasteiger partial charge in [0.05, 0.1) is 6.26 Å². The summed E-state index contributed by atoms with van der Waals surface area (Å²) in [5.74, 6) is -2.00. The molecule has 2 heterocycles. The van der Waals surface area contributed by atoms with E-state index in [4.69, 9.17) is 4.74 Å². The number of pyridine rings is 2. The SMILES string of the molecule is Cn1cc(-c2cn(C[S+](C)[O-])c(=O)cc2Oc2ccc(F)cc2F)c2ccccc2c1=O. The highest BCUT2D eigenvalue weighted by molar-refractivity contribution is 7.89. The highest BCUT2D eigenvalue weighted by atomic mass is 32.2. The molecule has 6 nitrogen and oxygen atoms in total. The molecule has 0 radical (unpaired) electrons. The molecular weight excluding hydrogens is 438 g/mol. The van der Waals surface area contributed by atoms with Gasteiger partial charge in [-0.05, 0) is 34.8 Å². The Morgan fingerprint density at radius 1 is 0.969 bits per heavy atom. The van der Waals surface area contributed by atoms with Gasteiger partial charge in [0.1, 0.15) is 11.6 Å². The van der Waals surface area contributed by atoms with Gasteiger partial charge in [-0.25, -0.2) is 8.78 Å². The van der Waals surface area contributed by atoms with E-state index in [0.717, 1.165) is 18.2 Å². The fraction of sp³-hybridized carbons (Fsp3) is 0.130. The van der Waals surface area contributed by atoms with E-state index in [1.54, 1.807) is 37.5 Å². The Bertz CT molecular complexity index is 1450. The van der Waals surface area contributed by atoms with Crippen molar-refractivity contribution in [1.29, 1.82) is 0 Å². The van der Waals surface area contributed by atoms with Gasteiger partial charge in [-0.2, -0.15) is 0 Å². The van der Waals surface area contributed by atoms with Crippen LogP contribution in [0.4, 0.5) is 8.78 Å². The molecular formula is C23H18F2N2O4S. The molecule has 4 rings (SSSR count). The standard InChI is InChI=1S/C23H18F2N2O4S/c1-26-11-17(15-5-3-4-6-16(15)23(26)29)18-12-27(13-32(2)30)22(28)10-21(18)31-20-8-7-14(24)9-19(20)25/h3-12H,13H2,1-2H3. The minimum atomic E-state index is -1.31. The Morgan fingerprint density at radius 2 is 1.69 bits per heavy atom. The number of ether oxygens (including phenoxy) is 1. The predicted octanol–water partition coefficient (Wildman–Crippen LogP) is 3.77. The average molecular weight is 456 g/mol. The third-order valence-corrected chi connectivity index (χ3v) is 5.55. The quantitative estimate of drug-likeness (QED) is 0.429. The third kappa shape index (κ3) is 4.17. The van der Waals surface area contributed by atoms with E-state index in [1.807, 2.05) is 0 Å². The molecule has 9 heteroatoms. The largest absolute Gasteiger partial charge is 0.615 e. The number of benzene rings is 2. The van der Waals surface area contributed by atoms with E-state index >= 15 is 0 Å². The second kappa shape index (κ2) is 8.60. The monoisotopic (exact) mass is 456 g/mol. The molecule has 1 atom stereocenters. The Hall–Kier alpha value is -3.43. The molecule has 0 fully saturated rings. The Labute approximate surface area is 184 Å². The predicted molar refractivity (Wildman–Crippen MR) is 119 cm³/mol. The summed E-state index contributed by atoms with van der Waals surface area (Å²) in [5, 5.41) is 1.05. The molecule has 4 aromatic rings. The first kappa shape index (κ1) is 21.8. The van der Waals surface area contributed by atoms with E-state index in [0.29, 0.717) is 28.0 Å². The highest BCUT2D eigenvalue weighted by Gasteiger charge is 2.18. The normalized spacial score (nSPS) is 12.2. The maximum absolute atomic E-state index is 14.3. The highest BCUT2D eigenvalue weighted by Crippen LogP contribution is 2.36. The van der Waals surface area contributed by atoms with Crippen LogP contribution in [0.3, 0.4) is 0 Å². The van der Waals surface area contributed by atoms with Crippen LogP contribution in [0, 0.1) is 11.6 Å². The van der Waals surface area contributed by atoms with Crippen molar-refractivity contribution in [3.05, 3.63) is 93.3 Å². The molecule has 0 aliphatic rings. The van der Waals surface area contributed by atoms with Crippen molar-refractivity contribution in [3.8, 4) is 22.6 Å². The number of fused-ring (bicyclic) bond motifs is 1. The van der Waals surface area contributed by atoms with E-state index in [-0.39, 0.29) is 22.9 Å². The van der Waals surface area contributed by atoms with Crippen LogP contribution in [0.1, 0.15) is 0 Å². The lowest BCUT2D eigenvalue weighted by molar-refractivity contribution is 0.437. The van der Waals surface area contributed by atoms with Crippen LogP contribution in [-0.4, -0.2) is 19.9 Å². The number of rotatable bonds is 5. The summed E-state index contributed by atoms with van der Waals surface area (Å²) in [5.41, 5.74) is 0.219. The molecule has 0 N–H and O–H groups in total. The maximum Gasteiger partial charge on any atom is 0.258 e. The molecule has 32 heavy (non-hydrogen) atoms.